The average molecular weight is 274 g/mol. The molecule has 0 spiro atoms. The van der Waals surface area contributed by atoms with Gasteiger partial charge in [-0.25, -0.2) is 0 Å². The van der Waals surface area contributed by atoms with Gasteiger partial charge in [0.2, 0.25) is 0 Å². The number of nitrogens with zero attached hydrogens (tertiary/aromatic N) is 1. The lowest BCUT2D eigenvalue weighted by Gasteiger charge is -2.19. The number of furan rings is 1. The average Bonchev–Trinajstić information content (AvgIpc) is 2.65. The summed E-state index contributed by atoms with van der Waals surface area (Å²) in [5.74, 6) is 0.451. The Morgan fingerprint density at radius 2 is 2.33 bits per heavy atom. The Morgan fingerprint density at radius 3 is 2.80 bits per heavy atom. The second kappa shape index (κ2) is 5.95. The number of carbonyl (C=O) groups is 1. The Hall–Kier alpha value is -0.770. The lowest BCUT2D eigenvalue weighted by Crippen LogP contribution is -2.32. The second-order valence-electron chi connectivity index (χ2n) is 3.36. The Bertz CT molecular complexity index is 322. The van der Waals surface area contributed by atoms with Crippen LogP contribution in [0.2, 0.25) is 0 Å². The molecule has 0 radical (unpaired) electrons. The molecule has 1 amide bonds. The Morgan fingerprint density at radius 1 is 1.60 bits per heavy atom. The van der Waals surface area contributed by atoms with Gasteiger partial charge in [0.25, 0.3) is 5.91 Å². The first kappa shape index (κ1) is 12.3. The van der Waals surface area contributed by atoms with Crippen molar-refractivity contribution in [3.05, 3.63) is 23.7 Å². The lowest BCUT2D eigenvalue weighted by atomic mass is 10.2. The molecule has 0 N–H and O–H groups in total. The molecule has 15 heavy (non-hydrogen) atoms. The molecule has 0 aliphatic carbocycles. The fourth-order valence-corrected chi connectivity index (χ4v) is 1.64. The van der Waals surface area contributed by atoms with Gasteiger partial charge >= 0.3 is 0 Å². The Balaban J connectivity index is 2.69. The molecule has 1 heterocycles. The van der Waals surface area contributed by atoms with Crippen LogP contribution in [0.25, 0.3) is 0 Å². The predicted octanol–water partition coefficient (Wildman–Crippen LogP) is 2.84. The van der Waals surface area contributed by atoms with Crippen LogP contribution in [0.15, 0.2) is 16.7 Å². The number of amides is 1. The number of carbonyl (C=O) groups excluding carboxylic acids is 1. The SMILES string of the molecule is CCN(CCCBr)C(=O)c1occc1C. The van der Waals surface area contributed by atoms with Gasteiger partial charge in [0.15, 0.2) is 5.76 Å². The first-order valence-electron chi connectivity index (χ1n) is 5.10. The molecule has 0 atom stereocenters. The van der Waals surface area contributed by atoms with Crippen LogP contribution >= 0.6 is 15.9 Å². The Labute approximate surface area is 98.6 Å². The van der Waals surface area contributed by atoms with Gasteiger partial charge in [-0.15, -0.1) is 0 Å². The van der Waals surface area contributed by atoms with Gasteiger partial charge in [0, 0.05) is 24.0 Å². The minimum atomic E-state index is -0.0130. The number of alkyl halides is 1. The maximum atomic E-state index is 12.0. The van der Waals surface area contributed by atoms with E-state index in [4.69, 9.17) is 4.42 Å². The summed E-state index contributed by atoms with van der Waals surface area (Å²) in [5, 5.41) is 0.911. The summed E-state index contributed by atoms with van der Waals surface area (Å²) < 4.78 is 5.19. The van der Waals surface area contributed by atoms with Crippen molar-refractivity contribution in [3.63, 3.8) is 0 Å². The second-order valence-corrected chi connectivity index (χ2v) is 4.15. The molecule has 0 aromatic carbocycles. The van der Waals surface area contributed by atoms with Crippen LogP contribution < -0.4 is 0 Å². The molecular formula is C11H16BrNO2. The van der Waals surface area contributed by atoms with Crippen LogP contribution in [0, 0.1) is 6.92 Å². The van der Waals surface area contributed by atoms with Crippen molar-refractivity contribution in [2.45, 2.75) is 20.3 Å². The zero-order valence-electron chi connectivity index (χ0n) is 9.12. The third kappa shape index (κ3) is 3.09. The summed E-state index contributed by atoms with van der Waals surface area (Å²) in [4.78, 5) is 13.8. The van der Waals surface area contributed by atoms with Gasteiger partial charge in [-0.2, -0.15) is 0 Å². The lowest BCUT2D eigenvalue weighted by molar-refractivity contribution is 0.0732. The van der Waals surface area contributed by atoms with Crippen molar-refractivity contribution in [1.29, 1.82) is 0 Å². The monoisotopic (exact) mass is 273 g/mol. The first-order valence-corrected chi connectivity index (χ1v) is 6.22. The molecule has 0 unspecified atom stereocenters. The number of hydrogen-bond acceptors (Lipinski definition) is 2. The molecule has 1 rings (SSSR count). The van der Waals surface area contributed by atoms with Crippen molar-refractivity contribution >= 4 is 21.8 Å². The van der Waals surface area contributed by atoms with E-state index in [0.29, 0.717) is 12.3 Å². The van der Waals surface area contributed by atoms with E-state index in [1.54, 1.807) is 11.2 Å². The maximum Gasteiger partial charge on any atom is 0.289 e. The highest BCUT2D eigenvalue weighted by Gasteiger charge is 2.18. The summed E-state index contributed by atoms with van der Waals surface area (Å²) in [6.07, 6.45) is 2.51. The molecule has 1 aromatic rings. The predicted molar refractivity (Wildman–Crippen MR) is 63.4 cm³/mol. The third-order valence-corrected chi connectivity index (χ3v) is 2.85. The summed E-state index contributed by atoms with van der Waals surface area (Å²) >= 11 is 3.36. The van der Waals surface area contributed by atoms with E-state index >= 15 is 0 Å². The van der Waals surface area contributed by atoms with Crippen LogP contribution in [0.3, 0.4) is 0 Å². The third-order valence-electron chi connectivity index (χ3n) is 2.29. The zero-order valence-corrected chi connectivity index (χ0v) is 10.7. The quantitative estimate of drug-likeness (QED) is 0.773. The van der Waals surface area contributed by atoms with Gasteiger partial charge in [-0.1, -0.05) is 15.9 Å². The van der Waals surface area contributed by atoms with E-state index in [-0.39, 0.29) is 5.91 Å². The molecule has 3 nitrogen and oxygen atoms in total. The van der Waals surface area contributed by atoms with E-state index in [1.807, 2.05) is 19.9 Å². The molecule has 0 saturated heterocycles. The van der Waals surface area contributed by atoms with E-state index in [1.165, 1.54) is 0 Å². The zero-order chi connectivity index (χ0) is 11.3. The summed E-state index contributed by atoms with van der Waals surface area (Å²) in [6.45, 7) is 5.34. The van der Waals surface area contributed by atoms with Crippen LogP contribution in [0.5, 0.6) is 0 Å². The molecule has 4 heteroatoms. The summed E-state index contributed by atoms with van der Waals surface area (Å²) in [6, 6.07) is 1.81. The van der Waals surface area contributed by atoms with Gasteiger partial charge in [0.1, 0.15) is 0 Å². The van der Waals surface area contributed by atoms with Crippen molar-refractivity contribution in [1.82, 2.24) is 4.90 Å². The molecule has 0 aliphatic rings. The Kier molecular flexibility index (Phi) is 4.88. The van der Waals surface area contributed by atoms with Crippen molar-refractivity contribution in [3.8, 4) is 0 Å². The topological polar surface area (TPSA) is 33.5 Å². The minimum Gasteiger partial charge on any atom is -0.459 e. The summed E-state index contributed by atoms with van der Waals surface area (Å²) in [5.41, 5.74) is 0.900. The number of hydrogen-bond donors (Lipinski definition) is 0. The normalized spacial score (nSPS) is 10.3. The fraction of sp³-hybridized carbons (Fsp3) is 0.545. The van der Waals surface area contributed by atoms with E-state index in [9.17, 15) is 4.79 Å². The smallest absolute Gasteiger partial charge is 0.289 e. The van der Waals surface area contributed by atoms with Crippen LogP contribution in [0.1, 0.15) is 29.5 Å². The molecule has 0 aliphatic heterocycles. The standard InChI is InChI=1S/C11H16BrNO2/c1-3-13(7-4-6-12)11(14)10-9(2)5-8-15-10/h5,8H,3-4,6-7H2,1-2H3. The van der Waals surface area contributed by atoms with E-state index < -0.39 is 0 Å². The summed E-state index contributed by atoms with van der Waals surface area (Å²) in [7, 11) is 0. The van der Waals surface area contributed by atoms with E-state index in [2.05, 4.69) is 15.9 Å². The van der Waals surface area contributed by atoms with Crippen molar-refractivity contribution in [2.24, 2.45) is 0 Å². The van der Waals surface area contributed by atoms with Gasteiger partial charge in [-0.3, -0.25) is 4.79 Å². The highest BCUT2D eigenvalue weighted by Crippen LogP contribution is 2.12. The highest BCUT2D eigenvalue weighted by molar-refractivity contribution is 9.09. The molecule has 0 fully saturated rings. The van der Waals surface area contributed by atoms with Crippen LogP contribution in [0.4, 0.5) is 0 Å². The minimum absolute atomic E-state index is 0.0130. The fourth-order valence-electron chi connectivity index (χ4n) is 1.39. The highest BCUT2D eigenvalue weighted by atomic mass is 79.9. The van der Waals surface area contributed by atoms with Gasteiger partial charge in [-0.05, 0) is 26.3 Å². The van der Waals surface area contributed by atoms with Crippen LogP contribution in [-0.4, -0.2) is 29.2 Å². The molecular weight excluding hydrogens is 258 g/mol. The molecule has 84 valence electrons. The van der Waals surface area contributed by atoms with E-state index in [0.717, 1.165) is 23.9 Å². The largest absolute Gasteiger partial charge is 0.459 e. The van der Waals surface area contributed by atoms with Crippen LogP contribution in [-0.2, 0) is 0 Å². The number of halogens is 1. The van der Waals surface area contributed by atoms with Crippen molar-refractivity contribution < 1.29 is 9.21 Å². The first-order chi connectivity index (χ1) is 7.20. The molecule has 1 aromatic heterocycles. The molecule has 0 saturated carbocycles. The molecule has 0 bridgehead atoms. The maximum absolute atomic E-state index is 12.0. The number of aryl methyl sites for hydroxylation is 1. The van der Waals surface area contributed by atoms with Gasteiger partial charge in [0.05, 0.1) is 6.26 Å². The van der Waals surface area contributed by atoms with Crippen molar-refractivity contribution in [2.75, 3.05) is 18.4 Å². The number of rotatable bonds is 5. The van der Waals surface area contributed by atoms with Gasteiger partial charge < -0.3 is 9.32 Å².